The number of ether oxygens (including phenoxy) is 2. The molecule has 6 nitrogen and oxygen atoms in total. The van der Waals surface area contributed by atoms with Crippen LogP contribution in [0.15, 0.2) is 18.2 Å². The summed E-state index contributed by atoms with van der Waals surface area (Å²) >= 11 is 0. The molecular formula is C20H28O6. The van der Waals surface area contributed by atoms with E-state index in [2.05, 4.69) is 20.8 Å². The Bertz CT molecular complexity index is 685. The zero-order valence-corrected chi connectivity index (χ0v) is 15.6. The molecule has 1 aliphatic carbocycles. The smallest absolute Gasteiger partial charge is 0.335 e. The van der Waals surface area contributed by atoms with E-state index in [1.165, 1.54) is 0 Å². The summed E-state index contributed by atoms with van der Waals surface area (Å²) in [4.78, 5) is 11.3. The van der Waals surface area contributed by atoms with Crippen molar-refractivity contribution in [3.05, 3.63) is 29.3 Å². The standard InChI is InChI=1S/C20H28O6/c1-12-4-7-17(25-11-15(22)10-21)19(2,3)20(12)9-14-8-13(18(23)24)5-6-16(14)26-20/h5-6,8,12,15,17,21-22H,4,7,9-11H2,1-3H3,(H,23,24)/t12-,15?,17+,20+/m0/s1. The first-order chi connectivity index (χ1) is 12.2. The number of rotatable bonds is 5. The average molecular weight is 364 g/mol. The molecule has 1 spiro atoms. The van der Waals surface area contributed by atoms with Crippen LogP contribution in [-0.4, -0.2) is 52.3 Å². The number of hydrogen-bond acceptors (Lipinski definition) is 5. The molecule has 0 radical (unpaired) electrons. The third kappa shape index (κ3) is 3.00. The van der Waals surface area contributed by atoms with Crippen molar-refractivity contribution in [2.75, 3.05) is 13.2 Å². The Hall–Kier alpha value is -1.63. The number of aliphatic hydroxyl groups excluding tert-OH is 2. The number of carbonyl (C=O) groups is 1. The number of carboxylic acids is 1. The van der Waals surface area contributed by atoms with Crippen molar-refractivity contribution >= 4 is 5.97 Å². The molecule has 6 heteroatoms. The fourth-order valence-corrected chi connectivity index (χ4v) is 4.57. The second-order valence-corrected chi connectivity index (χ2v) is 8.15. The first-order valence-corrected chi connectivity index (χ1v) is 9.17. The van der Waals surface area contributed by atoms with Gasteiger partial charge in [0, 0.05) is 11.8 Å². The van der Waals surface area contributed by atoms with Gasteiger partial charge in [-0.3, -0.25) is 0 Å². The maximum atomic E-state index is 11.3. The Labute approximate surface area is 153 Å². The Kier molecular flexibility index (Phi) is 5.03. The van der Waals surface area contributed by atoms with Gasteiger partial charge in [-0.25, -0.2) is 4.79 Å². The van der Waals surface area contributed by atoms with Crippen molar-refractivity contribution in [2.45, 2.75) is 57.8 Å². The van der Waals surface area contributed by atoms with E-state index in [1.807, 2.05) is 0 Å². The van der Waals surface area contributed by atoms with Crippen molar-refractivity contribution in [3.8, 4) is 5.75 Å². The summed E-state index contributed by atoms with van der Waals surface area (Å²) < 4.78 is 12.4. The quantitative estimate of drug-likeness (QED) is 0.742. The third-order valence-corrected chi connectivity index (χ3v) is 6.31. The SMILES string of the molecule is C[C@H]1CC[C@@H](OCC(O)CO)C(C)(C)[C@@]12Cc1cc(C(=O)O)ccc1O2. The summed E-state index contributed by atoms with van der Waals surface area (Å²) in [5.74, 6) is 0.0793. The molecule has 1 saturated carbocycles. The number of carboxylic acid groups (broad SMARTS) is 1. The topological polar surface area (TPSA) is 96.2 Å². The van der Waals surface area contributed by atoms with E-state index in [0.29, 0.717) is 6.42 Å². The summed E-state index contributed by atoms with van der Waals surface area (Å²) in [7, 11) is 0. The van der Waals surface area contributed by atoms with E-state index < -0.39 is 17.7 Å². The largest absolute Gasteiger partial charge is 0.486 e. The summed E-state index contributed by atoms with van der Waals surface area (Å²) in [5.41, 5.74) is 0.354. The molecule has 0 saturated heterocycles. The molecular weight excluding hydrogens is 336 g/mol. The van der Waals surface area contributed by atoms with Crippen LogP contribution in [-0.2, 0) is 11.2 Å². The molecule has 0 aromatic heterocycles. The summed E-state index contributed by atoms with van der Waals surface area (Å²) in [6, 6.07) is 5.03. The van der Waals surface area contributed by atoms with E-state index in [1.54, 1.807) is 18.2 Å². The highest BCUT2D eigenvalue weighted by molar-refractivity contribution is 5.88. The number of aliphatic hydroxyl groups is 2. The lowest BCUT2D eigenvalue weighted by atomic mass is 9.58. The van der Waals surface area contributed by atoms with Gasteiger partial charge in [0.05, 0.1) is 24.9 Å². The number of aromatic carboxylic acids is 1. The third-order valence-electron chi connectivity index (χ3n) is 6.31. The molecule has 1 heterocycles. The summed E-state index contributed by atoms with van der Waals surface area (Å²) in [6.45, 7) is 6.16. The molecule has 1 aromatic carbocycles. The predicted molar refractivity (Wildman–Crippen MR) is 95.5 cm³/mol. The molecule has 4 atom stereocenters. The Balaban J connectivity index is 1.88. The first-order valence-electron chi connectivity index (χ1n) is 9.17. The van der Waals surface area contributed by atoms with Gasteiger partial charge in [-0.15, -0.1) is 0 Å². The lowest BCUT2D eigenvalue weighted by molar-refractivity contribution is -0.183. The van der Waals surface area contributed by atoms with Gasteiger partial charge < -0.3 is 24.8 Å². The van der Waals surface area contributed by atoms with E-state index >= 15 is 0 Å². The Morgan fingerprint density at radius 3 is 2.77 bits per heavy atom. The molecule has 26 heavy (non-hydrogen) atoms. The molecule has 3 rings (SSSR count). The van der Waals surface area contributed by atoms with Crippen molar-refractivity contribution in [3.63, 3.8) is 0 Å². The van der Waals surface area contributed by atoms with Crippen LogP contribution in [0, 0.1) is 11.3 Å². The molecule has 0 bridgehead atoms. The van der Waals surface area contributed by atoms with Crippen molar-refractivity contribution in [1.29, 1.82) is 0 Å². The lowest BCUT2D eigenvalue weighted by Gasteiger charge is -2.54. The minimum atomic E-state index is -0.941. The van der Waals surface area contributed by atoms with E-state index in [0.717, 1.165) is 24.2 Å². The maximum absolute atomic E-state index is 11.3. The second-order valence-electron chi connectivity index (χ2n) is 8.15. The van der Waals surface area contributed by atoms with Crippen LogP contribution in [0.2, 0.25) is 0 Å². The fourth-order valence-electron chi connectivity index (χ4n) is 4.57. The maximum Gasteiger partial charge on any atom is 0.335 e. The van der Waals surface area contributed by atoms with Gasteiger partial charge >= 0.3 is 5.97 Å². The van der Waals surface area contributed by atoms with Gasteiger partial charge in [0.1, 0.15) is 17.5 Å². The molecule has 1 unspecified atom stereocenters. The molecule has 144 valence electrons. The summed E-state index contributed by atoms with van der Waals surface area (Å²) in [6.07, 6.45) is 1.41. The van der Waals surface area contributed by atoms with Crippen LogP contribution >= 0.6 is 0 Å². The lowest BCUT2D eigenvalue weighted by Crippen LogP contribution is -2.62. The van der Waals surface area contributed by atoms with E-state index in [4.69, 9.17) is 14.6 Å². The van der Waals surface area contributed by atoms with E-state index in [9.17, 15) is 15.0 Å². The molecule has 1 aliphatic heterocycles. The Morgan fingerprint density at radius 1 is 1.38 bits per heavy atom. The monoisotopic (exact) mass is 364 g/mol. The van der Waals surface area contributed by atoms with E-state index in [-0.39, 0.29) is 36.2 Å². The molecule has 0 amide bonds. The predicted octanol–water partition coefficient (Wildman–Crippen LogP) is 2.25. The van der Waals surface area contributed by atoms with Crippen molar-refractivity contribution in [1.82, 2.24) is 0 Å². The van der Waals surface area contributed by atoms with Crippen molar-refractivity contribution < 1.29 is 29.6 Å². The van der Waals surface area contributed by atoms with Gasteiger partial charge in [0.15, 0.2) is 0 Å². The van der Waals surface area contributed by atoms with Gasteiger partial charge in [-0.2, -0.15) is 0 Å². The molecule has 3 N–H and O–H groups in total. The molecule has 2 aliphatic rings. The highest BCUT2D eigenvalue weighted by Crippen LogP contribution is 2.56. The van der Waals surface area contributed by atoms with Crippen LogP contribution in [0.1, 0.15) is 49.5 Å². The van der Waals surface area contributed by atoms with Crippen LogP contribution in [0.25, 0.3) is 0 Å². The normalized spacial score (nSPS) is 30.7. The van der Waals surface area contributed by atoms with Gasteiger partial charge in [0.2, 0.25) is 0 Å². The first kappa shape index (κ1) is 19.1. The average Bonchev–Trinajstić information content (AvgIpc) is 2.99. The molecule has 1 aromatic rings. The van der Waals surface area contributed by atoms with Crippen molar-refractivity contribution in [2.24, 2.45) is 11.3 Å². The van der Waals surface area contributed by atoms with Crippen LogP contribution < -0.4 is 4.74 Å². The van der Waals surface area contributed by atoms with Crippen LogP contribution in [0.4, 0.5) is 0 Å². The minimum absolute atomic E-state index is 0.0885. The number of hydrogen-bond donors (Lipinski definition) is 3. The number of fused-ring (bicyclic) bond motifs is 1. The fraction of sp³-hybridized carbons (Fsp3) is 0.650. The highest BCUT2D eigenvalue weighted by atomic mass is 16.5. The van der Waals surface area contributed by atoms with Crippen LogP contribution in [0.5, 0.6) is 5.75 Å². The van der Waals surface area contributed by atoms with Gasteiger partial charge in [-0.1, -0.05) is 20.8 Å². The zero-order chi connectivity index (χ0) is 19.1. The minimum Gasteiger partial charge on any atom is -0.486 e. The zero-order valence-electron chi connectivity index (χ0n) is 15.6. The highest BCUT2D eigenvalue weighted by Gasteiger charge is 2.60. The Morgan fingerprint density at radius 2 is 2.12 bits per heavy atom. The van der Waals surface area contributed by atoms with Gasteiger partial charge in [-0.05, 0) is 42.5 Å². The molecule has 1 fully saturated rings. The summed E-state index contributed by atoms with van der Waals surface area (Å²) in [5, 5.41) is 27.9. The van der Waals surface area contributed by atoms with Crippen LogP contribution in [0.3, 0.4) is 0 Å². The van der Waals surface area contributed by atoms with Gasteiger partial charge in [0.25, 0.3) is 0 Å². The second kappa shape index (κ2) is 6.83. The number of benzene rings is 1.